The first-order valence-electron chi connectivity index (χ1n) is 11.9. The number of carbonyl (C=O) groups excluding carboxylic acids is 2. The number of nitrogens with one attached hydrogen (secondary N) is 2. The summed E-state index contributed by atoms with van der Waals surface area (Å²) in [5, 5.41) is 3.57. The fourth-order valence-corrected chi connectivity index (χ4v) is 4.20. The van der Waals surface area contributed by atoms with Gasteiger partial charge in [0.2, 0.25) is 0 Å². The number of H-pyrrole nitrogens is 1. The Morgan fingerprint density at radius 1 is 1.03 bits per heavy atom. The van der Waals surface area contributed by atoms with Gasteiger partial charge in [-0.15, -0.1) is 0 Å². The molecule has 2 aromatic carbocycles. The molecule has 9 heteroatoms. The van der Waals surface area contributed by atoms with E-state index < -0.39 is 6.09 Å². The molecule has 0 bridgehead atoms. The molecule has 4 rings (SSSR count). The van der Waals surface area contributed by atoms with Crippen molar-refractivity contribution in [1.29, 1.82) is 0 Å². The number of methoxy groups -OCH3 is 3. The molecule has 0 saturated heterocycles. The van der Waals surface area contributed by atoms with Crippen LogP contribution in [0.3, 0.4) is 0 Å². The SMILES string of the molecule is CCN(CCOC)C(=O)c1cc(-c2cnc3[nH]cc(-c4ccccc4OC)c3c2)ccc1NC(=O)OC. The number of fused-ring (bicyclic) bond motifs is 1. The van der Waals surface area contributed by atoms with Gasteiger partial charge in [-0.1, -0.05) is 24.3 Å². The molecule has 9 nitrogen and oxygen atoms in total. The lowest BCUT2D eigenvalue weighted by Gasteiger charge is -2.22. The van der Waals surface area contributed by atoms with Crippen molar-refractivity contribution in [2.24, 2.45) is 0 Å². The predicted molar refractivity (Wildman–Crippen MR) is 143 cm³/mol. The van der Waals surface area contributed by atoms with Crippen molar-refractivity contribution in [3.8, 4) is 28.0 Å². The molecule has 37 heavy (non-hydrogen) atoms. The lowest BCUT2D eigenvalue weighted by atomic mass is 9.99. The molecule has 0 radical (unpaired) electrons. The third-order valence-electron chi connectivity index (χ3n) is 6.17. The van der Waals surface area contributed by atoms with Gasteiger partial charge in [-0.3, -0.25) is 10.1 Å². The lowest BCUT2D eigenvalue weighted by Crippen LogP contribution is -2.34. The number of amides is 2. The number of carbonyl (C=O) groups is 2. The molecule has 0 atom stereocenters. The van der Waals surface area contributed by atoms with Gasteiger partial charge in [0.1, 0.15) is 11.4 Å². The number of aromatic amines is 1. The summed E-state index contributed by atoms with van der Waals surface area (Å²) < 4.78 is 15.5. The highest BCUT2D eigenvalue weighted by atomic mass is 16.5. The Hall–Kier alpha value is -4.37. The summed E-state index contributed by atoms with van der Waals surface area (Å²) in [6.45, 7) is 3.21. The Bertz CT molecular complexity index is 1410. The summed E-state index contributed by atoms with van der Waals surface area (Å²) in [7, 11) is 4.51. The molecule has 0 aliphatic rings. The number of ether oxygens (including phenoxy) is 3. The van der Waals surface area contributed by atoms with Crippen LogP contribution in [0.1, 0.15) is 17.3 Å². The van der Waals surface area contributed by atoms with Gasteiger partial charge < -0.3 is 24.1 Å². The molecule has 0 aliphatic carbocycles. The number of hydrogen-bond acceptors (Lipinski definition) is 6. The normalized spacial score (nSPS) is 10.8. The number of rotatable bonds is 9. The Balaban J connectivity index is 1.80. The third-order valence-corrected chi connectivity index (χ3v) is 6.17. The van der Waals surface area contributed by atoms with Crippen LogP contribution in [0, 0.1) is 0 Å². The van der Waals surface area contributed by atoms with Crippen molar-refractivity contribution in [3.63, 3.8) is 0 Å². The molecule has 4 aromatic rings. The van der Waals surface area contributed by atoms with Crippen LogP contribution in [0.15, 0.2) is 60.9 Å². The first-order chi connectivity index (χ1) is 18.0. The summed E-state index contributed by atoms with van der Waals surface area (Å²) >= 11 is 0. The molecular weight excluding hydrogens is 472 g/mol. The van der Waals surface area contributed by atoms with Gasteiger partial charge >= 0.3 is 6.09 Å². The van der Waals surface area contributed by atoms with Crippen LogP contribution >= 0.6 is 0 Å². The molecule has 2 heterocycles. The standard InChI is InChI=1S/C28H30N4O5/c1-5-32(12-13-35-2)27(33)22-14-18(10-11-24(22)31-28(34)37-4)19-15-21-23(17-30-26(21)29-16-19)20-8-6-7-9-25(20)36-3/h6-11,14-17H,5,12-13H2,1-4H3,(H,29,30)(H,31,34). The van der Waals surface area contributed by atoms with Gasteiger partial charge in [0.05, 0.1) is 32.1 Å². The van der Waals surface area contributed by atoms with E-state index in [1.54, 1.807) is 37.4 Å². The number of hydrogen-bond donors (Lipinski definition) is 2. The Morgan fingerprint density at radius 3 is 2.57 bits per heavy atom. The van der Waals surface area contributed by atoms with Crippen molar-refractivity contribution in [1.82, 2.24) is 14.9 Å². The molecule has 0 fully saturated rings. The maximum absolute atomic E-state index is 13.5. The number of para-hydroxylation sites is 1. The second-order valence-electron chi connectivity index (χ2n) is 8.28. The van der Waals surface area contributed by atoms with Crippen LogP contribution < -0.4 is 10.1 Å². The van der Waals surface area contributed by atoms with Crippen molar-refractivity contribution < 1.29 is 23.8 Å². The molecule has 0 unspecified atom stereocenters. The van der Waals surface area contributed by atoms with Gasteiger partial charge in [0.25, 0.3) is 5.91 Å². The summed E-state index contributed by atoms with van der Waals surface area (Å²) in [5.41, 5.74) is 4.95. The summed E-state index contributed by atoms with van der Waals surface area (Å²) in [4.78, 5) is 34.9. The van der Waals surface area contributed by atoms with Crippen molar-refractivity contribution >= 4 is 28.7 Å². The van der Waals surface area contributed by atoms with E-state index in [0.717, 1.165) is 39.0 Å². The van der Waals surface area contributed by atoms with Gasteiger partial charge in [-0.05, 0) is 36.8 Å². The number of benzene rings is 2. The van der Waals surface area contributed by atoms with E-state index in [-0.39, 0.29) is 5.91 Å². The maximum Gasteiger partial charge on any atom is 0.411 e. The average molecular weight is 503 g/mol. The third kappa shape index (κ3) is 5.41. The number of likely N-dealkylation sites (N-methyl/N-ethyl adjacent to an activating group) is 1. The first kappa shape index (κ1) is 25.7. The fraction of sp³-hybridized carbons (Fsp3) is 0.250. The van der Waals surface area contributed by atoms with Crippen LogP contribution in [-0.2, 0) is 9.47 Å². The van der Waals surface area contributed by atoms with E-state index in [4.69, 9.17) is 14.2 Å². The van der Waals surface area contributed by atoms with Crippen LogP contribution in [-0.4, -0.2) is 67.9 Å². The largest absolute Gasteiger partial charge is 0.496 e. The lowest BCUT2D eigenvalue weighted by molar-refractivity contribution is 0.0707. The van der Waals surface area contributed by atoms with Gasteiger partial charge in [0, 0.05) is 54.7 Å². The Morgan fingerprint density at radius 2 is 1.84 bits per heavy atom. The molecule has 2 aromatic heterocycles. The number of anilines is 1. The Kier molecular flexibility index (Phi) is 8.05. The second-order valence-corrected chi connectivity index (χ2v) is 8.28. The zero-order valence-corrected chi connectivity index (χ0v) is 21.3. The van der Waals surface area contributed by atoms with Crippen molar-refractivity contribution in [2.75, 3.05) is 46.3 Å². The molecular formula is C28H30N4O5. The van der Waals surface area contributed by atoms with Crippen LogP contribution in [0.25, 0.3) is 33.3 Å². The number of aromatic nitrogens is 2. The highest BCUT2D eigenvalue weighted by Crippen LogP contribution is 2.36. The highest BCUT2D eigenvalue weighted by molar-refractivity contribution is 6.04. The topological polar surface area (TPSA) is 106 Å². The summed E-state index contributed by atoms with van der Waals surface area (Å²) in [6, 6.07) is 15.1. The van der Waals surface area contributed by atoms with E-state index >= 15 is 0 Å². The van der Waals surface area contributed by atoms with E-state index in [9.17, 15) is 9.59 Å². The predicted octanol–water partition coefficient (Wildman–Crippen LogP) is 5.19. The first-order valence-corrected chi connectivity index (χ1v) is 11.9. The molecule has 2 amide bonds. The van der Waals surface area contributed by atoms with E-state index in [1.165, 1.54) is 7.11 Å². The monoisotopic (exact) mass is 502 g/mol. The molecule has 192 valence electrons. The summed E-state index contributed by atoms with van der Waals surface area (Å²) in [6.07, 6.45) is 3.01. The maximum atomic E-state index is 13.5. The zero-order chi connectivity index (χ0) is 26.4. The molecule has 2 N–H and O–H groups in total. The molecule has 0 saturated carbocycles. The van der Waals surface area contributed by atoms with Crippen LogP contribution in [0.4, 0.5) is 10.5 Å². The smallest absolute Gasteiger partial charge is 0.411 e. The zero-order valence-electron chi connectivity index (χ0n) is 21.3. The number of pyridine rings is 1. The van der Waals surface area contributed by atoms with Gasteiger partial charge in [-0.2, -0.15) is 0 Å². The minimum absolute atomic E-state index is 0.224. The summed E-state index contributed by atoms with van der Waals surface area (Å²) in [5.74, 6) is 0.536. The van der Waals surface area contributed by atoms with Crippen molar-refractivity contribution in [3.05, 3.63) is 66.5 Å². The van der Waals surface area contributed by atoms with E-state index in [1.807, 2.05) is 49.5 Å². The second kappa shape index (κ2) is 11.6. The van der Waals surface area contributed by atoms with Gasteiger partial charge in [0.15, 0.2) is 0 Å². The minimum atomic E-state index is -0.654. The number of nitrogens with zero attached hydrogens (tertiary/aromatic N) is 2. The van der Waals surface area contributed by atoms with Crippen LogP contribution in [0.5, 0.6) is 5.75 Å². The fourth-order valence-electron chi connectivity index (χ4n) is 4.20. The van der Waals surface area contributed by atoms with Gasteiger partial charge in [-0.25, -0.2) is 9.78 Å². The molecule has 0 aliphatic heterocycles. The highest BCUT2D eigenvalue weighted by Gasteiger charge is 2.21. The van der Waals surface area contributed by atoms with E-state index in [2.05, 4.69) is 15.3 Å². The average Bonchev–Trinajstić information content (AvgIpc) is 3.36. The van der Waals surface area contributed by atoms with Crippen LogP contribution in [0.2, 0.25) is 0 Å². The Labute approximate surface area is 215 Å². The molecule has 0 spiro atoms. The van der Waals surface area contributed by atoms with E-state index in [0.29, 0.717) is 30.9 Å². The quantitative estimate of drug-likeness (QED) is 0.326. The minimum Gasteiger partial charge on any atom is -0.496 e. The van der Waals surface area contributed by atoms with Crippen molar-refractivity contribution in [2.45, 2.75) is 6.92 Å².